The summed E-state index contributed by atoms with van der Waals surface area (Å²) in [5.74, 6) is 0.0322. The average molecular weight is 305 g/mol. The van der Waals surface area contributed by atoms with E-state index < -0.39 is 30.1 Å². The van der Waals surface area contributed by atoms with Crippen LogP contribution in [-0.4, -0.2) is 35.2 Å². The first-order chi connectivity index (χ1) is 10.5. The first-order valence-corrected chi connectivity index (χ1v) is 7.50. The van der Waals surface area contributed by atoms with E-state index in [0.29, 0.717) is 23.8 Å². The van der Waals surface area contributed by atoms with Gasteiger partial charge in [-0.25, -0.2) is 4.79 Å². The van der Waals surface area contributed by atoms with Gasteiger partial charge in [0.1, 0.15) is 12.1 Å². The Morgan fingerprint density at radius 2 is 1.91 bits per heavy atom. The van der Waals surface area contributed by atoms with Gasteiger partial charge in [0, 0.05) is 0 Å². The van der Waals surface area contributed by atoms with Crippen molar-refractivity contribution in [2.45, 2.75) is 44.4 Å². The molecule has 1 aromatic rings. The molecule has 0 radical (unpaired) electrons. The summed E-state index contributed by atoms with van der Waals surface area (Å²) in [6.45, 7) is 1.73. The van der Waals surface area contributed by atoms with Gasteiger partial charge in [-0.15, -0.1) is 0 Å². The Hall–Kier alpha value is -2.24. The van der Waals surface area contributed by atoms with Crippen molar-refractivity contribution in [1.82, 2.24) is 5.32 Å². The second-order valence-corrected chi connectivity index (χ2v) is 5.89. The van der Waals surface area contributed by atoms with E-state index in [-0.39, 0.29) is 0 Å². The highest BCUT2D eigenvalue weighted by molar-refractivity contribution is 5.87. The number of ether oxygens (including phenoxy) is 2. The van der Waals surface area contributed by atoms with E-state index in [9.17, 15) is 14.7 Å². The smallest absolute Gasteiger partial charge is 0.326 e. The number of nitrogens with one attached hydrogen (secondary N) is 1. The van der Waals surface area contributed by atoms with Gasteiger partial charge in [0.2, 0.25) is 6.10 Å². The minimum absolute atomic E-state index is 0.406. The van der Waals surface area contributed by atoms with Crippen LogP contribution in [0.15, 0.2) is 24.3 Å². The molecule has 2 N–H and O–H groups in total. The molecule has 3 atom stereocenters. The van der Waals surface area contributed by atoms with Crippen molar-refractivity contribution in [1.29, 1.82) is 0 Å². The van der Waals surface area contributed by atoms with E-state index in [0.717, 1.165) is 12.8 Å². The highest BCUT2D eigenvalue weighted by Crippen LogP contribution is 2.35. The Morgan fingerprint density at radius 1 is 1.27 bits per heavy atom. The molecule has 1 saturated carbocycles. The fourth-order valence-electron chi connectivity index (χ4n) is 2.57. The number of carbonyl (C=O) groups excluding carboxylic acids is 1. The number of carboxylic acids is 1. The van der Waals surface area contributed by atoms with Gasteiger partial charge < -0.3 is 19.9 Å². The number of amides is 1. The molecule has 1 amide bonds. The Kier molecular flexibility index (Phi) is 3.92. The molecule has 118 valence electrons. The van der Waals surface area contributed by atoms with Crippen LogP contribution in [-0.2, 0) is 9.59 Å². The van der Waals surface area contributed by atoms with Gasteiger partial charge >= 0.3 is 5.97 Å². The summed E-state index contributed by atoms with van der Waals surface area (Å²) in [6.07, 6.45) is 1.21. The first-order valence-electron chi connectivity index (χ1n) is 7.50. The van der Waals surface area contributed by atoms with Crippen molar-refractivity contribution >= 4 is 11.9 Å². The van der Waals surface area contributed by atoms with Gasteiger partial charge in [0.05, 0.1) is 0 Å². The lowest BCUT2D eigenvalue weighted by Gasteiger charge is -2.31. The number of benzene rings is 1. The predicted octanol–water partition coefficient (Wildman–Crippen LogP) is 1.58. The van der Waals surface area contributed by atoms with Crippen LogP contribution in [0.2, 0.25) is 0 Å². The monoisotopic (exact) mass is 305 g/mol. The number of rotatable bonds is 5. The molecule has 1 fully saturated rings. The topological polar surface area (TPSA) is 84.9 Å². The molecule has 0 spiro atoms. The van der Waals surface area contributed by atoms with Gasteiger partial charge in [-0.3, -0.25) is 4.79 Å². The fourth-order valence-corrected chi connectivity index (χ4v) is 2.57. The fraction of sp³-hybridized carbons (Fsp3) is 0.500. The second kappa shape index (κ2) is 5.87. The van der Waals surface area contributed by atoms with Gasteiger partial charge in [-0.2, -0.15) is 0 Å². The largest absolute Gasteiger partial charge is 0.482 e. The van der Waals surface area contributed by atoms with Crippen LogP contribution in [0.5, 0.6) is 11.5 Å². The van der Waals surface area contributed by atoms with Crippen LogP contribution in [0.3, 0.4) is 0 Å². The van der Waals surface area contributed by atoms with Crippen LogP contribution in [0, 0.1) is 5.92 Å². The Labute approximate surface area is 128 Å². The van der Waals surface area contributed by atoms with Crippen molar-refractivity contribution < 1.29 is 24.2 Å². The normalized spacial score (nSPS) is 24.4. The molecular formula is C16H19NO5. The number of para-hydroxylation sites is 2. The summed E-state index contributed by atoms with van der Waals surface area (Å²) in [5.41, 5.74) is 0. The van der Waals surface area contributed by atoms with Crippen molar-refractivity contribution in [3.05, 3.63) is 24.3 Å². The van der Waals surface area contributed by atoms with Gasteiger partial charge in [-0.1, -0.05) is 25.0 Å². The molecule has 2 aliphatic rings. The number of fused-ring (bicyclic) bond motifs is 1. The molecule has 0 bridgehead atoms. The number of carboxylic acid groups (broad SMARTS) is 1. The number of hydrogen-bond acceptors (Lipinski definition) is 4. The van der Waals surface area contributed by atoms with Gasteiger partial charge in [0.15, 0.2) is 11.5 Å². The number of aliphatic carboxylic acids is 1. The minimum atomic E-state index is -1.01. The quantitative estimate of drug-likeness (QED) is 0.863. The molecule has 22 heavy (non-hydrogen) atoms. The molecule has 3 rings (SSSR count). The summed E-state index contributed by atoms with van der Waals surface area (Å²) in [4.78, 5) is 23.6. The van der Waals surface area contributed by atoms with E-state index in [1.165, 1.54) is 0 Å². The standard InChI is InChI=1S/C16H19NO5/c1-9-14(22-13-5-3-2-4-12(13)21-9)15(18)17-11(16(19)20)8-10-6-7-10/h2-5,9-11,14H,6-8H2,1H3,(H,17,18)(H,19,20). The third-order valence-electron chi connectivity index (χ3n) is 3.98. The number of carbonyl (C=O) groups is 2. The SMILES string of the molecule is CC1Oc2ccccc2OC1C(=O)NC(CC1CC1)C(=O)O. The van der Waals surface area contributed by atoms with E-state index in [1.807, 2.05) is 6.07 Å². The maximum absolute atomic E-state index is 12.4. The predicted molar refractivity (Wildman–Crippen MR) is 77.9 cm³/mol. The number of hydrogen-bond donors (Lipinski definition) is 2. The van der Waals surface area contributed by atoms with Crippen LogP contribution < -0.4 is 14.8 Å². The highest BCUT2D eigenvalue weighted by atomic mass is 16.6. The molecule has 6 nitrogen and oxygen atoms in total. The van der Waals surface area contributed by atoms with Crippen LogP contribution >= 0.6 is 0 Å². The molecule has 0 saturated heterocycles. The third-order valence-corrected chi connectivity index (χ3v) is 3.98. The van der Waals surface area contributed by atoms with Crippen LogP contribution in [0.1, 0.15) is 26.2 Å². The van der Waals surface area contributed by atoms with E-state index in [4.69, 9.17) is 9.47 Å². The van der Waals surface area contributed by atoms with Crippen LogP contribution in [0.25, 0.3) is 0 Å². The minimum Gasteiger partial charge on any atom is -0.482 e. The van der Waals surface area contributed by atoms with Crippen molar-refractivity contribution in [2.24, 2.45) is 5.92 Å². The average Bonchev–Trinajstić information content (AvgIpc) is 3.29. The van der Waals surface area contributed by atoms with Crippen molar-refractivity contribution in [2.75, 3.05) is 0 Å². The molecule has 6 heteroatoms. The zero-order valence-corrected chi connectivity index (χ0v) is 12.3. The Morgan fingerprint density at radius 3 is 2.50 bits per heavy atom. The summed E-state index contributed by atoms with van der Waals surface area (Å²) in [7, 11) is 0. The third kappa shape index (κ3) is 3.16. The van der Waals surface area contributed by atoms with Gasteiger partial charge in [-0.05, 0) is 31.4 Å². The summed E-state index contributed by atoms with van der Waals surface area (Å²) in [5, 5.41) is 11.8. The summed E-state index contributed by atoms with van der Waals surface area (Å²) in [6, 6.07) is 6.24. The van der Waals surface area contributed by atoms with E-state index >= 15 is 0 Å². The molecular weight excluding hydrogens is 286 g/mol. The lowest BCUT2D eigenvalue weighted by molar-refractivity contribution is -0.145. The van der Waals surface area contributed by atoms with Crippen LogP contribution in [0.4, 0.5) is 0 Å². The lowest BCUT2D eigenvalue weighted by atomic mass is 10.1. The molecule has 1 aliphatic carbocycles. The molecule has 3 unspecified atom stereocenters. The van der Waals surface area contributed by atoms with Gasteiger partial charge in [0.25, 0.3) is 5.91 Å². The molecule has 0 aromatic heterocycles. The summed E-state index contributed by atoms with van der Waals surface area (Å²) >= 11 is 0. The molecule has 1 aliphatic heterocycles. The Bertz CT molecular complexity index is 584. The lowest BCUT2D eigenvalue weighted by Crippen LogP contribution is -2.53. The van der Waals surface area contributed by atoms with E-state index in [1.54, 1.807) is 25.1 Å². The van der Waals surface area contributed by atoms with E-state index in [2.05, 4.69) is 5.32 Å². The maximum Gasteiger partial charge on any atom is 0.326 e. The zero-order chi connectivity index (χ0) is 15.7. The first kappa shape index (κ1) is 14.7. The Balaban J connectivity index is 1.67. The second-order valence-electron chi connectivity index (χ2n) is 5.89. The summed E-state index contributed by atoms with van der Waals surface area (Å²) < 4.78 is 11.3. The van der Waals surface area contributed by atoms with Crippen molar-refractivity contribution in [3.8, 4) is 11.5 Å². The maximum atomic E-state index is 12.4. The molecule has 1 aromatic carbocycles. The molecule has 1 heterocycles. The zero-order valence-electron chi connectivity index (χ0n) is 12.3. The van der Waals surface area contributed by atoms with Crippen molar-refractivity contribution in [3.63, 3.8) is 0 Å². The highest BCUT2D eigenvalue weighted by Gasteiger charge is 2.37.